The van der Waals surface area contributed by atoms with Crippen LogP contribution in [0.25, 0.3) is 16.2 Å². The summed E-state index contributed by atoms with van der Waals surface area (Å²) >= 11 is 4.85. The number of ether oxygens (including phenoxy) is 1. The van der Waals surface area contributed by atoms with Crippen molar-refractivity contribution in [2.75, 3.05) is 7.11 Å². The van der Waals surface area contributed by atoms with Gasteiger partial charge in [-0.15, -0.1) is 10.1 Å². The summed E-state index contributed by atoms with van der Waals surface area (Å²) < 4.78 is 36.0. The smallest absolute Gasteiger partial charge is 0.287 e. The van der Waals surface area contributed by atoms with E-state index in [1.165, 1.54) is 30.5 Å². The molecule has 0 atom stereocenters. The zero-order chi connectivity index (χ0) is 18.7. The van der Waals surface area contributed by atoms with Crippen molar-refractivity contribution in [3.63, 3.8) is 0 Å². The van der Waals surface area contributed by atoms with Crippen LogP contribution in [0.3, 0.4) is 0 Å². The Morgan fingerprint density at radius 2 is 2.08 bits per heavy atom. The summed E-state index contributed by atoms with van der Waals surface area (Å²) in [7, 11) is 1.43. The van der Waals surface area contributed by atoms with E-state index in [0.29, 0.717) is 5.69 Å². The Bertz CT molecular complexity index is 985. The highest BCUT2D eigenvalue weighted by Crippen LogP contribution is 2.23. The average Bonchev–Trinajstić information content (AvgIpc) is 3.28. The molecule has 0 saturated heterocycles. The van der Waals surface area contributed by atoms with Crippen LogP contribution in [-0.2, 0) is 11.3 Å². The number of nitrogens with zero attached hydrogens (tertiary/aromatic N) is 6. The third kappa shape index (κ3) is 3.50. The molecule has 1 aromatic carbocycles. The normalized spacial score (nSPS) is 10.4. The summed E-state index contributed by atoms with van der Waals surface area (Å²) in [6.45, 7) is 7.12. The third-order valence-electron chi connectivity index (χ3n) is 3.35. The molecule has 0 unspecified atom stereocenters. The van der Waals surface area contributed by atoms with Crippen molar-refractivity contribution >= 4 is 23.2 Å². The number of hydrogen-bond donors (Lipinski definition) is 1. The molecular formula is C15H11F2N7OS. The number of nitrogens with one attached hydrogen (secondary N) is 1. The maximum atomic E-state index is 14.4. The highest BCUT2D eigenvalue weighted by Gasteiger charge is 2.16. The number of benzene rings is 1. The van der Waals surface area contributed by atoms with E-state index < -0.39 is 11.6 Å². The number of aromatic nitrogens is 5. The minimum atomic E-state index is -0.829. The largest absolute Gasteiger partial charge is 0.474 e. The Hall–Kier alpha value is -3.39. The zero-order valence-corrected chi connectivity index (χ0v) is 14.2. The first kappa shape index (κ1) is 17.4. The van der Waals surface area contributed by atoms with Gasteiger partial charge >= 0.3 is 0 Å². The van der Waals surface area contributed by atoms with Gasteiger partial charge in [0.05, 0.1) is 25.5 Å². The molecule has 0 amide bonds. The van der Waals surface area contributed by atoms with Crippen molar-refractivity contribution in [2.45, 2.75) is 6.54 Å². The first-order valence-corrected chi connectivity index (χ1v) is 7.57. The monoisotopic (exact) mass is 375 g/mol. The van der Waals surface area contributed by atoms with E-state index in [4.69, 9.17) is 23.5 Å². The maximum Gasteiger partial charge on any atom is 0.287 e. The molecule has 2 heterocycles. The lowest BCUT2D eigenvalue weighted by Gasteiger charge is -2.08. The molecule has 0 radical (unpaired) electrons. The first-order chi connectivity index (χ1) is 12.5. The highest BCUT2D eigenvalue weighted by molar-refractivity contribution is 7.80. The highest BCUT2D eigenvalue weighted by atomic mass is 32.1. The van der Waals surface area contributed by atoms with Crippen LogP contribution in [0.1, 0.15) is 5.69 Å². The van der Waals surface area contributed by atoms with E-state index in [0.717, 1.165) is 16.7 Å². The average molecular weight is 375 g/mol. The SMILES string of the molecule is [C-]#[N+]c1cn(-c2c(F)cc(-n3cc(CNC(=S)OC)nn3)cc2F)cn1. The van der Waals surface area contributed by atoms with Crippen LogP contribution in [0, 0.1) is 18.2 Å². The van der Waals surface area contributed by atoms with Crippen molar-refractivity contribution in [1.82, 2.24) is 29.9 Å². The molecule has 0 spiro atoms. The van der Waals surface area contributed by atoms with Gasteiger partial charge in [0.2, 0.25) is 0 Å². The molecule has 11 heteroatoms. The quantitative estimate of drug-likeness (QED) is 0.557. The van der Waals surface area contributed by atoms with Crippen LogP contribution in [0.4, 0.5) is 14.6 Å². The van der Waals surface area contributed by atoms with E-state index in [2.05, 4.69) is 25.5 Å². The third-order valence-corrected chi connectivity index (χ3v) is 3.66. The Balaban J connectivity index is 1.87. The van der Waals surface area contributed by atoms with Crippen molar-refractivity contribution < 1.29 is 13.5 Å². The molecule has 0 fully saturated rings. The van der Waals surface area contributed by atoms with Gasteiger partial charge in [0.1, 0.15) is 11.4 Å². The van der Waals surface area contributed by atoms with Crippen LogP contribution in [0.15, 0.2) is 30.9 Å². The van der Waals surface area contributed by atoms with Crippen molar-refractivity contribution in [3.05, 3.63) is 59.6 Å². The van der Waals surface area contributed by atoms with Crippen LogP contribution in [0.2, 0.25) is 0 Å². The number of halogens is 2. The van der Waals surface area contributed by atoms with E-state index in [1.54, 1.807) is 0 Å². The zero-order valence-electron chi connectivity index (χ0n) is 13.3. The van der Waals surface area contributed by atoms with Crippen LogP contribution in [-0.4, -0.2) is 36.8 Å². The van der Waals surface area contributed by atoms with E-state index in [9.17, 15) is 8.78 Å². The number of hydrogen-bond acceptors (Lipinski definition) is 5. The van der Waals surface area contributed by atoms with Crippen LogP contribution >= 0.6 is 12.2 Å². The Morgan fingerprint density at radius 1 is 1.35 bits per heavy atom. The minimum absolute atomic E-state index is 0.0373. The van der Waals surface area contributed by atoms with Gasteiger partial charge in [-0.1, -0.05) is 11.8 Å². The molecule has 0 aliphatic rings. The lowest BCUT2D eigenvalue weighted by molar-refractivity contribution is 0.392. The van der Waals surface area contributed by atoms with E-state index >= 15 is 0 Å². The fourth-order valence-corrected chi connectivity index (χ4v) is 2.24. The molecule has 3 aromatic rings. The number of rotatable bonds is 4. The molecule has 0 saturated carbocycles. The van der Waals surface area contributed by atoms with Gasteiger partial charge in [-0.2, -0.15) is 0 Å². The fraction of sp³-hybridized carbons (Fsp3) is 0.133. The van der Waals surface area contributed by atoms with Crippen molar-refractivity contribution in [1.29, 1.82) is 0 Å². The van der Waals surface area contributed by atoms with Crippen LogP contribution in [0.5, 0.6) is 0 Å². The molecule has 0 aliphatic carbocycles. The van der Waals surface area contributed by atoms with Gasteiger partial charge in [0.15, 0.2) is 18.0 Å². The second-order valence-electron chi connectivity index (χ2n) is 5.01. The minimum Gasteiger partial charge on any atom is -0.474 e. The molecule has 26 heavy (non-hydrogen) atoms. The van der Waals surface area contributed by atoms with Gasteiger partial charge in [0, 0.05) is 18.3 Å². The molecule has 2 aromatic heterocycles. The molecule has 1 N–H and O–H groups in total. The number of thiocarbonyl (C=S) groups is 1. The van der Waals surface area contributed by atoms with E-state index in [-0.39, 0.29) is 28.9 Å². The Labute approximate surface area is 151 Å². The number of imidazole rings is 1. The Morgan fingerprint density at radius 3 is 2.69 bits per heavy atom. The number of methoxy groups -OCH3 is 1. The van der Waals surface area contributed by atoms with Crippen molar-refractivity contribution in [3.8, 4) is 11.4 Å². The lowest BCUT2D eigenvalue weighted by Crippen LogP contribution is -2.22. The molecular weight excluding hydrogens is 364 g/mol. The predicted octanol–water partition coefficient (Wildman–Crippen LogP) is 2.30. The summed E-state index contributed by atoms with van der Waals surface area (Å²) in [4.78, 5) is 6.85. The summed E-state index contributed by atoms with van der Waals surface area (Å²) in [5, 5.41) is 10.7. The van der Waals surface area contributed by atoms with Gasteiger partial charge in [-0.25, -0.2) is 13.5 Å². The molecule has 8 nitrogen and oxygen atoms in total. The maximum absolute atomic E-state index is 14.4. The summed E-state index contributed by atoms with van der Waals surface area (Å²) in [5.74, 6) is -1.62. The van der Waals surface area contributed by atoms with Gasteiger partial charge in [-0.3, -0.25) is 4.57 Å². The van der Waals surface area contributed by atoms with Gasteiger partial charge in [0.25, 0.3) is 11.0 Å². The fourth-order valence-electron chi connectivity index (χ4n) is 2.16. The molecule has 0 aliphatic heterocycles. The lowest BCUT2D eigenvalue weighted by atomic mass is 10.2. The molecule has 3 rings (SSSR count). The Kier molecular flexibility index (Phi) is 4.85. The summed E-state index contributed by atoms with van der Waals surface area (Å²) in [6.07, 6.45) is 3.92. The summed E-state index contributed by atoms with van der Waals surface area (Å²) in [6, 6.07) is 2.23. The second-order valence-corrected chi connectivity index (χ2v) is 5.38. The van der Waals surface area contributed by atoms with E-state index in [1.807, 2.05) is 0 Å². The summed E-state index contributed by atoms with van der Waals surface area (Å²) in [5.41, 5.74) is 0.330. The topological polar surface area (TPSA) is 74.2 Å². The predicted molar refractivity (Wildman–Crippen MR) is 91.1 cm³/mol. The standard InChI is InChI=1S/C15H11F2N7OS/c1-18-13-7-23(8-20-13)14-11(16)3-10(4-12(14)17)24-6-9(21-22-24)5-19-15(26)25-2/h3-4,6-8H,5H2,2H3,(H,19,26). The molecule has 0 bridgehead atoms. The van der Waals surface area contributed by atoms with Crippen LogP contribution < -0.4 is 5.32 Å². The van der Waals surface area contributed by atoms with Crippen molar-refractivity contribution in [2.24, 2.45) is 0 Å². The van der Waals surface area contributed by atoms with Gasteiger partial charge in [-0.05, 0) is 12.2 Å². The molecule has 132 valence electrons. The first-order valence-electron chi connectivity index (χ1n) is 7.16. The van der Waals surface area contributed by atoms with Gasteiger partial charge < -0.3 is 14.9 Å². The second kappa shape index (κ2) is 7.24.